The highest BCUT2D eigenvalue weighted by molar-refractivity contribution is 6.13. The van der Waals surface area contributed by atoms with Gasteiger partial charge in [0.1, 0.15) is 11.2 Å². The van der Waals surface area contributed by atoms with Gasteiger partial charge in [-0.1, -0.05) is 19.2 Å². The molecule has 2 heterocycles. The van der Waals surface area contributed by atoms with Crippen molar-refractivity contribution < 1.29 is 23.1 Å². The maximum Gasteiger partial charge on any atom is 0.240 e. The number of aromatic nitrogens is 2. The van der Waals surface area contributed by atoms with Crippen molar-refractivity contribution in [3.63, 3.8) is 0 Å². The Balaban J connectivity index is 1.43. The van der Waals surface area contributed by atoms with Crippen LogP contribution in [-0.4, -0.2) is 47.6 Å². The molecule has 1 saturated carbocycles. The first-order chi connectivity index (χ1) is 23.0. The molecule has 48 heavy (non-hydrogen) atoms. The Morgan fingerprint density at radius 1 is 1.21 bits per heavy atom. The van der Waals surface area contributed by atoms with Gasteiger partial charge in [-0.2, -0.15) is 5.10 Å². The molecule has 0 bridgehead atoms. The number of nitrogens with zero attached hydrogens (tertiary/aromatic N) is 4. The van der Waals surface area contributed by atoms with Crippen molar-refractivity contribution in [2.75, 3.05) is 18.4 Å². The molecule has 0 radical (unpaired) electrons. The number of carbonyl (C=O) groups excluding carboxylic acids is 2. The first-order valence-electron chi connectivity index (χ1n) is 15.6. The Labute approximate surface area is 279 Å². The van der Waals surface area contributed by atoms with Crippen molar-refractivity contribution in [2.45, 2.75) is 52.9 Å². The Morgan fingerprint density at radius 3 is 2.60 bits per heavy atom. The van der Waals surface area contributed by atoms with Gasteiger partial charge in [-0.3, -0.25) is 19.6 Å². The smallest absolute Gasteiger partial charge is 0.240 e. The fourth-order valence-electron chi connectivity index (χ4n) is 4.87. The first kappa shape index (κ1) is 35.6. The maximum absolute atomic E-state index is 15.2. The van der Waals surface area contributed by atoms with Crippen molar-refractivity contribution in [3.05, 3.63) is 102 Å². The Morgan fingerprint density at radius 2 is 1.98 bits per heavy atom. The number of hydrogen-bond donors (Lipinski definition) is 3. The third-order valence-electron chi connectivity index (χ3n) is 8.04. The van der Waals surface area contributed by atoms with Gasteiger partial charge in [0.2, 0.25) is 11.8 Å². The van der Waals surface area contributed by atoms with E-state index in [1.165, 1.54) is 18.2 Å². The second kappa shape index (κ2) is 16.1. The molecule has 0 atom stereocenters. The normalized spacial score (nSPS) is 16.5. The molecular weight excluding hydrogens is 616 g/mol. The van der Waals surface area contributed by atoms with Crippen LogP contribution in [0.1, 0.15) is 58.4 Å². The van der Waals surface area contributed by atoms with Gasteiger partial charge in [-0.25, -0.2) is 13.5 Å². The van der Waals surface area contributed by atoms with E-state index in [-0.39, 0.29) is 35.9 Å². The van der Waals surface area contributed by atoms with E-state index < -0.39 is 23.0 Å². The predicted molar refractivity (Wildman–Crippen MR) is 186 cm³/mol. The quantitative estimate of drug-likeness (QED) is 0.0837. The van der Waals surface area contributed by atoms with Crippen LogP contribution in [-0.2, 0) is 9.59 Å². The third-order valence-corrected chi connectivity index (χ3v) is 8.04. The van der Waals surface area contributed by atoms with Crippen LogP contribution in [0.2, 0.25) is 0 Å². The van der Waals surface area contributed by atoms with Crippen LogP contribution in [0.25, 0.3) is 11.4 Å². The van der Waals surface area contributed by atoms with Gasteiger partial charge in [0.05, 0.1) is 23.4 Å². The van der Waals surface area contributed by atoms with Crippen LogP contribution in [0.5, 0.6) is 5.75 Å². The van der Waals surface area contributed by atoms with E-state index in [0.717, 1.165) is 36.8 Å². The van der Waals surface area contributed by atoms with Crippen LogP contribution in [0.4, 0.5) is 14.5 Å². The summed E-state index contributed by atoms with van der Waals surface area (Å²) in [6, 6.07) is 3.93. The van der Waals surface area contributed by atoms with Crippen molar-refractivity contribution >= 4 is 41.8 Å². The van der Waals surface area contributed by atoms with Crippen LogP contribution in [0.3, 0.4) is 0 Å². The van der Waals surface area contributed by atoms with E-state index in [0.29, 0.717) is 35.5 Å². The zero-order chi connectivity index (χ0) is 34.8. The summed E-state index contributed by atoms with van der Waals surface area (Å²) in [6.45, 7) is 18.2. The number of anilines is 1. The zero-order valence-electron chi connectivity index (χ0n) is 27.5. The minimum atomic E-state index is -1.30. The van der Waals surface area contributed by atoms with Crippen molar-refractivity contribution in [1.82, 2.24) is 20.4 Å². The lowest BCUT2D eigenvalue weighted by atomic mass is 10.0. The Hall–Kier alpha value is -5.23. The summed E-state index contributed by atoms with van der Waals surface area (Å²) in [7, 11) is 0. The number of benzene rings is 1. The third kappa shape index (κ3) is 8.77. The minimum Gasteiger partial charge on any atom is -0.455 e. The van der Waals surface area contributed by atoms with Gasteiger partial charge in [0.25, 0.3) is 0 Å². The second-order valence-electron chi connectivity index (χ2n) is 11.4. The number of amides is 2. The molecule has 10 nitrogen and oxygen atoms in total. The predicted octanol–water partition coefficient (Wildman–Crippen LogP) is 6.86. The second-order valence-corrected chi connectivity index (χ2v) is 11.4. The summed E-state index contributed by atoms with van der Waals surface area (Å²) in [6.07, 6.45) is 12.2. The number of ether oxygens (including phenoxy) is 1. The largest absolute Gasteiger partial charge is 0.455 e. The lowest BCUT2D eigenvalue weighted by Crippen LogP contribution is -2.39. The van der Waals surface area contributed by atoms with Crippen LogP contribution >= 0.6 is 0 Å². The highest BCUT2D eigenvalue weighted by Crippen LogP contribution is 2.47. The van der Waals surface area contributed by atoms with Gasteiger partial charge in [-0.05, 0) is 71.0 Å². The summed E-state index contributed by atoms with van der Waals surface area (Å²) >= 11 is 0. The van der Waals surface area contributed by atoms with Crippen LogP contribution in [0.15, 0.2) is 101 Å². The monoisotopic (exact) mass is 657 g/mol. The van der Waals surface area contributed by atoms with E-state index in [1.54, 1.807) is 39.3 Å². The van der Waals surface area contributed by atoms with Crippen LogP contribution < -0.4 is 20.7 Å². The molecule has 252 valence electrons. The van der Waals surface area contributed by atoms with Gasteiger partial charge in [0.15, 0.2) is 11.6 Å². The van der Waals surface area contributed by atoms with E-state index in [1.807, 2.05) is 10.9 Å². The Bertz CT molecular complexity index is 1760. The minimum absolute atomic E-state index is 0.102. The SMILES string of the molecule is C=N\C(=C/C(/N=C\C)=C(\C)C(=C)Oc1ccc(NC(=O)C2(C(=O)NC(=C)CC/C(F)=C\C)CC2)cc1F)c1cnn(C2=CCNCC2)c1. The summed E-state index contributed by atoms with van der Waals surface area (Å²) in [5, 5.41) is 13.0. The molecule has 0 unspecified atom stereocenters. The number of hydrogen-bond acceptors (Lipinski definition) is 7. The molecule has 1 aliphatic heterocycles. The van der Waals surface area contributed by atoms with Crippen molar-refractivity contribution in [2.24, 2.45) is 15.4 Å². The van der Waals surface area contributed by atoms with E-state index in [2.05, 4.69) is 57.0 Å². The molecule has 0 spiro atoms. The molecule has 3 N–H and O–H groups in total. The van der Waals surface area contributed by atoms with E-state index in [4.69, 9.17) is 4.74 Å². The van der Waals surface area contributed by atoms with Gasteiger partial charge < -0.3 is 20.7 Å². The summed E-state index contributed by atoms with van der Waals surface area (Å²) in [5.41, 5.74) is 2.53. The molecule has 0 saturated heterocycles. The lowest BCUT2D eigenvalue weighted by molar-refractivity contribution is -0.133. The molecule has 4 rings (SSSR count). The fourth-order valence-corrected chi connectivity index (χ4v) is 4.87. The molecule has 2 aromatic rings. The lowest BCUT2D eigenvalue weighted by Gasteiger charge is -2.17. The highest BCUT2D eigenvalue weighted by Gasteiger charge is 2.56. The van der Waals surface area contributed by atoms with Crippen molar-refractivity contribution in [1.29, 1.82) is 0 Å². The summed E-state index contributed by atoms with van der Waals surface area (Å²) < 4.78 is 36.2. The summed E-state index contributed by atoms with van der Waals surface area (Å²) in [5.74, 6) is -2.13. The molecule has 1 fully saturated rings. The fraction of sp³-hybridized carbons (Fsp3) is 0.306. The molecule has 1 aromatic heterocycles. The average Bonchev–Trinajstić information content (AvgIpc) is 3.77. The van der Waals surface area contributed by atoms with E-state index in [9.17, 15) is 14.0 Å². The van der Waals surface area contributed by atoms with Crippen LogP contribution in [0, 0.1) is 11.2 Å². The number of aliphatic imine (C=N–C) groups is 2. The Kier molecular flexibility index (Phi) is 11.9. The maximum atomic E-state index is 15.2. The van der Waals surface area contributed by atoms with Gasteiger partial charge in [-0.15, -0.1) is 0 Å². The van der Waals surface area contributed by atoms with Gasteiger partial charge in [0, 0.05) is 72.6 Å². The molecular formula is C36H41F2N7O3. The van der Waals surface area contributed by atoms with Crippen molar-refractivity contribution in [3.8, 4) is 5.75 Å². The molecule has 2 aliphatic rings. The molecule has 1 aromatic carbocycles. The first-order valence-corrected chi connectivity index (χ1v) is 15.6. The number of nitrogens with one attached hydrogen (secondary N) is 3. The topological polar surface area (TPSA) is 122 Å². The highest BCUT2D eigenvalue weighted by atomic mass is 19.1. The van der Waals surface area contributed by atoms with E-state index >= 15 is 4.39 Å². The average molecular weight is 658 g/mol. The number of allylic oxidation sites excluding steroid dienone is 5. The number of rotatable bonds is 15. The van der Waals surface area contributed by atoms with Gasteiger partial charge >= 0.3 is 0 Å². The molecule has 12 heteroatoms. The number of halogens is 2. The zero-order valence-corrected chi connectivity index (χ0v) is 27.5. The summed E-state index contributed by atoms with van der Waals surface area (Å²) in [4.78, 5) is 34.5. The standard InChI is InChI=1S/C36H41F2N7O3/c1-7-27(37)10-9-23(3)43-34(46)36(15-16-36)35(47)44-28-11-12-33(30(38)19-28)48-25(5)24(4)31(41-8-2)20-32(39-6)26-21-42-45(22-26)29-13-17-40-18-14-29/h7-8,11-13,19-22,40H,3,5-6,9-10,14-18H2,1-2,4H3,(H,43,46)(H,44,47)/b27-7+,31-24-,32-20-,41-8-. The number of carbonyl (C=O) groups is 2. The molecule has 2 amide bonds. The molecule has 1 aliphatic carbocycles.